The van der Waals surface area contributed by atoms with E-state index in [-0.39, 0.29) is 0 Å². The number of nitrogens with zero attached hydrogens (tertiary/aromatic N) is 1. The Balaban J connectivity index is 2.68. The van der Waals surface area contributed by atoms with Gasteiger partial charge in [0.25, 0.3) is 0 Å². The second-order valence-corrected chi connectivity index (χ2v) is 3.88. The molecule has 0 bridgehead atoms. The number of rotatable bonds is 7. The van der Waals surface area contributed by atoms with Gasteiger partial charge in [0.2, 0.25) is 5.88 Å². The molecule has 0 amide bonds. The third-order valence-corrected chi connectivity index (χ3v) is 2.32. The highest BCUT2D eigenvalue weighted by molar-refractivity contribution is 5.75. The highest BCUT2D eigenvalue weighted by Gasteiger charge is 2.17. The van der Waals surface area contributed by atoms with E-state index < -0.39 is 12.0 Å². The first-order chi connectivity index (χ1) is 8.69. The molecule has 100 valence electrons. The molecule has 1 atom stereocenters. The average Bonchev–Trinajstić information content (AvgIpc) is 2.38. The Kier molecular flexibility index (Phi) is 6.14. The summed E-state index contributed by atoms with van der Waals surface area (Å²) < 4.78 is 10.4. The minimum Gasteiger partial charge on any atom is -0.477 e. The summed E-state index contributed by atoms with van der Waals surface area (Å²) in [5, 5.41) is 0. The van der Waals surface area contributed by atoms with Crippen LogP contribution in [-0.2, 0) is 16.0 Å². The second kappa shape index (κ2) is 7.66. The zero-order chi connectivity index (χ0) is 13.4. The molecule has 1 aromatic rings. The van der Waals surface area contributed by atoms with Gasteiger partial charge in [0.1, 0.15) is 6.04 Å². The number of esters is 1. The van der Waals surface area contributed by atoms with E-state index in [4.69, 9.17) is 15.2 Å². The molecule has 0 aliphatic heterocycles. The SMILES string of the molecule is CCCOc1ncccc1CC(N)C(=O)OCC. The summed E-state index contributed by atoms with van der Waals surface area (Å²) in [7, 11) is 0. The van der Waals surface area contributed by atoms with Crippen molar-refractivity contribution in [3.8, 4) is 5.88 Å². The molecule has 5 nitrogen and oxygen atoms in total. The molecule has 0 aliphatic rings. The van der Waals surface area contributed by atoms with E-state index in [9.17, 15) is 4.79 Å². The number of carbonyl (C=O) groups excluding carboxylic acids is 1. The monoisotopic (exact) mass is 252 g/mol. The summed E-state index contributed by atoms with van der Waals surface area (Å²) >= 11 is 0. The molecule has 1 rings (SSSR count). The van der Waals surface area contributed by atoms with Crippen LogP contribution >= 0.6 is 0 Å². The molecule has 1 heterocycles. The van der Waals surface area contributed by atoms with Crippen LogP contribution < -0.4 is 10.5 Å². The van der Waals surface area contributed by atoms with Gasteiger partial charge < -0.3 is 15.2 Å². The molecule has 0 spiro atoms. The number of pyridine rings is 1. The number of aromatic nitrogens is 1. The highest BCUT2D eigenvalue weighted by atomic mass is 16.5. The molecule has 5 heteroatoms. The molecule has 0 aromatic carbocycles. The Morgan fingerprint density at radius 3 is 2.94 bits per heavy atom. The molecule has 0 radical (unpaired) electrons. The van der Waals surface area contributed by atoms with Crippen LogP contribution in [-0.4, -0.2) is 30.2 Å². The van der Waals surface area contributed by atoms with Gasteiger partial charge in [0.15, 0.2) is 0 Å². The van der Waals surface area contributed by atoms with Gasteiger partial charge in [-0.2, -0.15) is 0 Å². The number of nitrogens with two attached hydrogens (primary N) is 1. The van der Waals surface area contributed by atoms with Crippen molar-refractivity contribution in [3.05, 3.63) is 23.9 Å². The van der Waals surface area contributed by atoms with Crippen LogP contribution in [0.25, 0.3) is 0 Å². The fourth-order valence-corrected chi connectivity index (χ4v) is 1.48. The van der Waals surface area contributed by atoms with Crippen molar-refractivity contribution < 1.29 is 14.3 Å². The molecule has 18 heavy (non-hydrogen) atoms. The fourth-order valence-electron chi connectivity index (χ4n) is 1.48. The number of hydrogen-bond acceptors (Lipinski definition) is 5. The van der Waals surface area contributed by atoms with Crippen molar-refractivity contribution in [2.75, 3.05) is 13.2 Å². The third-order valence-electron chi connectivity index (χ3n) is 2.32. The van der Waals surface area contributed by atoms with E-state index in [2.05, 4.69) is 4.98 Å². The maximum Gasteiger partial charge on any atom is 0.323 e. The fraction of sp³-hybridized carbons (Fsp3) is 0.538. The zero-order valence-electron chi connectivity index (χ0n) is 10.9. The van der Waals surface area contributed by atoms with E-state index in [0.717, 1.165) is 12.0 Å². The summed E-state index contributed by atoms with van der Waals surface area (Å²) in [5.41, 5.74) is 6.60. The van der Waals surface area contributed by atoms with Crippen LogP contribution in [0.15, 0.2) is 18.3 Å². The van der Waals surface area contributed by atoms with Gasteiger partial charge in [-0.25, -0.2) is 4.98 Å². The lowest BCUT2D eigenvalue weighted by Gasteiger charge is -2.13. The lowest BCUT2D eigenvalue weighted by molar-refractivity contribution is -0.144. The van der Waals surface area contributed by atoms with Crippen molar-refractivity contribution in [1.82, 2.24) is 4.98 Å². The molecule has 1 unspecified atom stereocenters. The summed E-state index contributed by atoms with van der Waals surface area (Å²) in [6.07, 6.45) is 2.93. The molecule has 0 fully saturated rings. The Hall–Kier alpha value is -1.62. The summed E-state index contributed by atoms with van der Waals surface area (Å²) in [5.74, 6) is 0.141. The van der Waals surface area contributed by atoms with Gasteiger partial charge in [-0.3, -0.25) is 4.79 Å². The van der Waals surface area contributed by atoms with E-state index in [1.807, 2.05) is 13.0 Å². The maximum absolute atomic E-state index is 11.5. The van der Waals surface area contributed by atoms with Crippen molar-refractivity contribution in [2.45, 2.75) is 32.7 Å². The van der Waals surface area contributed by atoms with Gasteiger partial charge in [-0.1, -0.05) is 13.0 Å². The smallest absolute Gasteiger partial charge is 0.323 e. The predicted octanol–water partition coefficient (Wildman–Crippen LogP) is 1.30. The lowest BCUT2D eigenvalue weighted by Crippen LogP contribution is -2.34. The molecule has 1 aromatic heterocycles. The second-order valence-electron chi connectivity index (χ2n) is 3.88. The van der Waals surface area contributed by atoms with Gasteiger partial charge in [0, 0.05) is 18.2 Å². The summed E-state index contributed by atoms with van der Waals surface area (Å²) in [4.78, 5) is 15.6. The van der Waals surface area contributed by atoms with Crippen LogP contribution in [0.1, 0.15) is 25.8 Å². The molecule has 0 saturated heterocycles. The van der Waals surface area contributed by atoms with Crippen LogP contribution in [0, 0.1) is 0 Å². The van der Waals surface area contributed by atoms with E-state index >= 15 is 0 Å². The standard InChI is InChI=1S/C13H20N2O3/c1-3-8-18-12-10(6-5-7-15-12)9-11(14)13(16)17-4-2/h5-7,11H,3-4,8-9,14H2,1-2H3. The molecule has 0 aliphatic carbocycles. The lowest BCUT2D eigenvalue weighted by atomic mass is 10.1. The van der Waals surface area contributed by atoms with Crippen LogP contribution in [0.3, 0.4) is 0 Å². The molecule has 0 saturated carbocycles. The summed E-state index contributed by atoms with van der Waals surface area (Å²) in [6.45, 7) is 4.70. The van der Waals surface area contributed by atoms with Crippen molar-refractivity contribution in [3.63, 3.8) is 0 Å². The van der Waals surface area contributed by atoms with E-state index in [1.165, 1.54) is 0 Å². The quantitative estimate of drug-likeness (QED) is 0.740. The molecule has 2 N–H and O–H groups in total. The number of carbonyl (C=O) groups is 1. The Morgan fingerprint density at radius 2 is 2.28 bits per heavy atom. The Morgan fingerprint density at radius 1 is 1.50 bits per heavy atom. The van der Waals surface area contributed by atoms with Crippen molar-refractivity contribution >= 4 is 5.97 Å². The van der Waals surface area contributed by atoms with E-state index in [1.54, 1.807) is 19.2 Å². The van der Waals surface area contributed by atoms with Crippen LogP contribution in [0.2, 0.25) is 0 Å². The Bertz CT molecular complexity index is 382. The highest BCUT2D eigenvalue weighted by Crippen LogP contribution is 2.16. The maximum atomic E-state index is 11.5. The van der Waals surface area contributed by atoms with Crippen molar-refractivity contribution in [1.29, 1.82) is 0 Å². The zero-order valence-corrected chi connectivity index (χ0v) is 10.9. The number of ether oxygens (including phenoxy) is 2. The predicted molar refractivity (Wildman–Crippen MR) is 68.3 cm³/mol. The first-order valence-electron chi connectivity index (χ1n) is 6.17. The van der Waals surface area contributed by atoms with Crippen LogP contribution in [0.4, 0.5) is 0 Å². The van der Waals surface area contributed by atoms with Crippen LogP contribution in [0.5, 0.6) is 5.88 Å². The molecular formula is C13H20N2O3. The van der Waals surface area contributed by atoms with Gasteiger partial charge >= 0.3 is 5.97 Å². The van der Waals surface area contributed by atoms with Gasteiger partial charge in [0.05, 0.1) is 13.2 Å². The molecular weight excluding hydrogens is 232 g/mol. The minimum atomic E-state index is -0.682. The summed E-state index contributed by atoms with van der Waals surface area (Å²) in [6, 6.07) is 2.97. The van der Waals surface area contributed by atoms with E-state index in [0.29, 0.717) is 25.5 Å². The first kappa shape index (κ1) is 14.4. The van der Waals surface area contributed by atoms with Gasteiger partial charge in [-0.05, 0) is 19.4 Å². The average molecular weight is 252 g/mol. The third kappa shape index (κ3) is 4.33. The topological polar surface area (TPSA) is 74.4 Å². The number of hydrogen-bond donors (Lipinski definition) is 1. The van der Waals surface area contributed by atoms with Gasteiger partial charge in [-0.15, -0.1) is 0 Å². The minimum absolute atomic E-state index is 0.332. The first-order valence-corrected chi connectivity index (χ1v) is 6.17. The largest absolute Gasteiger partial charge is 0.477 e. The Labute approximate surface area is 107 Å². The normalized spacial score (nSPS) is 11.9. The van der Waals surface area contributed by atoms with Crippen molar-refractivity contribution in [2.24, 2.45) is 5.73 Å².